The van der Waals surface area contributed by atoms with Gasteiger partial charge in [0.2, 0.25) is 5.95 Å². The Balaban J connectivity index is 1.77. The number of aromatic nitrogens is 3. The Morgan fingerprint density at radius 2 is 2.26 bits per heavy atom. The smallest absolute Gasteiger partial charge is 0.240 e. The van der Waals surface area contributed by atoms with E-state index in [1.165, 1.54) is 0 Å². The predicted octanol–water partition coefficient (Wildman–Crippen LogP) is 2.09. The van der Waals surface area contributed by atoms with Gasteiger partial charge in [0.1, 0.15) is 10.6 Å². The lowest BCUT2D eigenvalue weighted by Gasteiger charge is -2.07. The van der Waals surface area contributed by atoms with Crippen molar-refractivity contribution in [1.82, 2.24) is 15.0 Å². The van der Waals surface area contributed by atoms with Crippen LogP contribution in [0.4, 0.5) is 11.8 Å². The maximum Gasteiger partial charge on any atom is 0.240 e. The third-order valence-electron chi connectivity index (χ3n) is 2.61. The Morgan fingerprint density at radius 1 is 1.32 bits per heavy atom. The fourth-order valence-corrected chi connectivity index (χ4v) is 3.08. The summed E-state index contributed by atoms with van der Waals surface area (Å²) >= 11 is 3.17. The number of thiazole rings is 1. The second kappa shape index (κ2) is 5.47. The number of nitrogens with zero attached hydrogens (tertiary/aromatic N) is 3. The fourth-order valence-electron chi connectivity index (χ4n) is 1.72. The molecule has 6 nitrogen and oxygen atoms in total. The molecule has 3 aromatic rings. The van der Waals surface area contributed by atoms with Crippen LogP contribution in [0.1, 0.15) is 5.69 Å². The van der Waals surface area contributed by atoms with E-state index >= 15 is 0 Å². The number of hydrogen-bond acceptors (Lipinski definition) is 8. The molecule has 0 aliphatic carbocycles. The van der Waals surface area contributed by atoms with E-state index in [9.17, 15) is 0 Å². The Labute approximate surface area is 117 Å². The van der Waals surface area contributed by atoms with Crippen molar-refractivity contribution in [1.29, 1.82) is 0 Å². The number of anilines is 2. The Hall–Kier alpha value is -1.77. The number of nitrogens with two attached hydrogens (primary N) is 1. The molecule has 0 aliphatic rings. The van der Waals surface area contributed by atoms with Crippen LogP contribution in [-0.2, 0) is 6.42 Å². The van der Waals surface area contributed by atoms with Gasteiger partial charge >= 0.3 is 0 Å². The summed E-state index contributed by atoms with van der Waals surface area (Å²) in [6.45, 7) is 0.774. The largest absolute Gasteiger partial charge is 0.369 e. The van der Waals surface area contributed by atoms with Crippen LogP contribution >= 0.6 is 22.7 Å². The minimum Gasteiger partial charge on any atom is -0.369 e. The summed E-state index contributed by atoms with van der Waals surface area (Å²) in [5.41, 5.74) is 5.42. The lowest BCUT2D eigenvalue weighted by atomic mass is 10.3. The van der Waals surface area contributed by atoms with E-state index in [1.807, 2.05) is 17.0 Å². The zero-order valence-corrected chi connectivity index (χ0v) is 11.6. The van der Waals surface area contributed by atoms with Gasteiger partial charge in [0.15, 0.2) is 0 Å². The van der Waals surface area contributed by atoms with Gasteiger partial charge in [-0.15, -0.1) is 22.7 Å². The Bertz CT molecular complexity index is 663. The topological polar surface area (TPSA) is 88.8 Å². The SMILES string of the molecule is NNc1nc(NCCc2cscn2)c2ccsc2n1. The number of fused-ring (bicyclic) bond motifs is 1. The molecular formula is C11H12N6S2. The van der Waals surface area contributed by atoms with Crippen molar-refractivity contribution in [2.75, 3.05) is 17.3 Å². The van der Waals surface area contributed by atoms with E-state index in [0.29, 0.717) is 5.95 Å². The first kappa shape index (κ1) is 12.3. The normalized spacial score (nSPS) is 10.8. The molecule has 3 heterocycles. The number of rotatable bonds is 5. The molecule has 8 heteroatoms. The van der Waals surface area contributed by atoms with Gasteiger partial charge < -0.3 is 5.32 Å². The molecule has 0 atom stereocenters. The van der Waals surface area contributed by atoms with Crippen molar-refractivity contribution in [3.63, 3.8) is 0 Å². The average Bonchev–Trinajstić information content (AvgIpc) is 3.08. The highest BCUT2D eigenvalue weighted by molar-refractivity contribution is 7.16. The molecule has 3 rings (SSSR count). The summed E-state index contributed by atoms with van der Waals surface area (Å²) in [4.78, 5) is 13.8. The first-order chi connectivity index (χ1) is 9.36. The first-order valence-corrected chi connectivity index (χ1v) is 7.52. The summed E-state index contributed by atoms with van der Waals surface area (Å²) in [5, 5.41) is 8.37. The van der Waals surface area contributed by atoms with Crippen LogP contribution in [0.2, 0.25) is 0 Å². The van der Waals surface area contributed by atoms with Gasteiger partial charge in [-0.3, -0.25) is 5.43 Å². The van der Waals surface area contributed by atoms with Crippen molar-refractivity contribution in [3.8, 4) is 0 Å². The van der Waals surface area contributed by atoms with Gasteiger partial charge in [0, 0.05) is 18.3 Å². The van der Waals surface area contributed by atoms with Crippen LogP contribution in [0.3, 0.4) is 0 Å². The average molecular weight is 292 g/mol. The number of thiophene rings is 1. The summed E-state index contributed by atoms with van der Waals surface area (Å²) < 4.78 is 0. The molecule has 0 aliphatic heterocycles. The highest BCUT2D eigenvalue weighted by atomic mass is 32.1. The molecule has 4 N–H and O–H groups in total. The molecule has 0 bridgehead atoms. The third kappa shape index (κ3) is 2.65. The van der Waals surface area contributed by atoms with Crippen LogP contribution in [0.5, 0.6) is 0 Å². The zero-order chi connectivity index (χ0) is 13.1. The molecule has 3 aromatic heterocycles. The minimum absolute atomic E-state index is 0.422. The highest BCUT2D eigenvalue weighted by Gasteiger charge is 2.08. The van der Waals surface area contributed by atoms with Crippen molar-refractivity contribution in [2.45, 2.75) is 6.42 Å². The second-order valence-corrected chi connectivity index (χ2v) is 5.45. The zero-order valence-electron chi connectivity index (χ0n) is 9.96. The molecule has 0 saturated heterocycles. The lowest BCUT2D eigenvalue weighted by Crippen LogP contribution is -2.13. The molecule has 0 amide bonds. The predicted molar refractivity (Wildman–Crippen MR) is 79.5 cm³/mol. The lowest BCUT2D eigenvalue weighted by molar-refractivity contribution is 0.968. The van der Waals surface area contributed by atoms with Crippen molar-refractivity contribution >= 4 is 44.7 Å². The summed E-state index contributed by atoms with van der Waals surface area (Å²) in [6, 6.07) is 2.01. The number of nitrogens with one attached hydrogen (secondary N) is 2. The first-order valence-electron chi connectivity index (χ1n) is 5.69. The maximum atomic E-state index is 5.38. The molecule has 0 saturated carbocycles. The molecule has 0 radical (unpaired) electrons. The van der Waals surface area contributed by atoms with E-state index in [1.54, 1.807) is 22.7 Å². The van der Waals surface area contributed by atoms with Crippen molar-refractivity contribution in [2.24, 2.45) is 5.84 Å². The quantitative estimate of drug-likeness (QED) is 0.493. The van der Waals surface area contributed by atoms with E-state index in [2.05, 4.69) is 31.1 Å². The van der Waals surface area contributed by atoms with Crippen LogP contribution in [0.15, 0.2) is 22.3 Å². The Morgan fingerprint density at radius 3 is 3.05 bits per heavy atom. The monoisotopic (exact) mass is 292 g/mol. The van der Waals surface area contributed by atoms with Crippen LogP contribution < -0.4 is 16.6 Å². The third-order valence-corrected chi connectivity index (χ3v) is 4.05. The van der Waals surface area contributed by atoms with E-state index in [4.69, 9.17) is 5.84 Å². The highest BCUT2D eigenvalue weighted by Crippen LogP contribution is 2.26. The molecular weight excluding hydrogens is 280 g/mol. The van der Waals surface area contributed by atoms with Gasteiger partial charge in [-0.2, -0.15) is 4.98 Å². The maximum absolute atomic E-state index is 5.38. The molecule has 0 unspecified atom stereocenters. The summed E-state index contributed by atoms with van der Waals surface area (Å²) in [5.74, 6) is 6.60. The van der Waals surface area contributed by atoms with Gasteiger partial charge in [0.05, 0.1) is 16.6 Å². The van der Waals surface area contributed by atoms with Crippen molar-refractivity contribution in [3.05, 3.63) is 28.0 Å². The van der Waals surface area contributed by atoms with Crippen LogP contribution in [0.25, 0.3) is 10.2 Å². The minimum atomic E-state index is 0.422. The number of hydrazine groups is 1. The van der Waals surface area contributed by atoms with Gasteiger partial charge in [-0.25, -0.2) is 15.8 Å². The van der Waals surface area contributed by atoms with Crippen LogP contribution in [0, 0.1) is 0 Å². The summed E-state index contributed by atoms with van der Waals surface area (Å²) in [6.07, 6.45) is 0.866. The van der Waals surface area contributed by atoms with E-state index in [0.717, 1.165) is 34.7 Å². The van der Waals surface area contributed by atoms with Crippen LogP contribution in [-0.4, -0.2) is 21.5 Å². The molecule has 19 heavy (non-hydrogen) atoms. The summed E-state index contributed by atoms with van der Waals surface area (Å²) in [7, 11) is 0. The van der Waals surface area contributed by atoms with E-state index < -0.39 is 0 Å². The fraction of sp³-hybridized carbons (Fsp3) is 0.182. The molecule has 0 aromatic carbocycles. The molecule has 98 valence electrons. The standard InChI is InChI=1S/C11H12N6S2/c12-17-11-15-9(8-2-4-19-10(8)16-11)13-3-1-7-5-18-6-14-7/h2,4-6H,1,3,12H2,(H2,13,15,16,17). The second-order valence-electron chi connectivity index (χ2n) is 3.84. The Kier molecular flexibility index (Phi) is 3.53. The van der Waals surface area contributed by atoms with Crippen molar-refractivity contribution < 1.29 is 0 Å². The molecule has 0 spiro atoms. The van der Waals surface area contributed by atoms with Gasteiger partial charge in [-0.1, -0.05) is 0 Å². The van der Waals surface area contributed by atoms with E-state index in [-0.39, 0.29) is 0 Å². The van der Waals surface area contributed by atoms with Gasteiger partial charge in [0.25, 0.3) is 0 Å². The number of hydrogen-bond donors (Lipinski definition) is 3. The molecule has 0 fully saturated rings. The number of nitrogen functional groups attached to an aromatic ring is 1. The van der Waals surface area contributed by atoms with Gasteiger partial charge in [-0.05, 0) is 11.4 Å².